The summed E-state index contributed by atoms with van der Waals surface area (Å²) >= 11 is 0. The molecule has 0 saturated heterocycles. The summed E-state index contributed by atoms with van der Waals surface area (Å²) in [5, 5.41) is 15.6. The minimum atomic E-state index is -1.26. The van der Waals surface area contributed by atoms with Crippen LogP contribution in [0, 0.1) is 0 Å². The van der Waals surface area contributed by atoms with Crippen LogP contribution in [0.25, 0.3) is 6.08 Å². The average Bonchev–Trinajstić information content (AvgIpc) is 2.47. The molecule has 0 atom stereocenters. The fraction of sp³-hybridized carbons (Fsp3) is 0. The normalized spacial score (nSPS) is 8.20. The third-order valence-corrected chi connectivity index (χ3v) is 1.57. The summed E-state index contributed by atoms with van der Waals surface area (Å²) in [6, 6.07) is 10.0. The molecule has 0 heterocycles. The lowest BCUT2D eigenvalue weighted by Gasteiger charge is -1.85. The Labute approximate surface area is 118 Å². The van der Waals surface area contributed by atoms with Crippen molar-refractivity contribution >= 4 is 18.0 Å². The molecular formula is C16H18O4. The maximum atomic E-state index is 9.55. The molecule has 0 aliphatic heterocycles. The van der Waals surface area contributed by atoms with Crippen molar-refractivity contribution in [2.45, 2.75) is 0 Å². The molecule has 4 heteroatoms. The second-order valence-corrected chi connectivity index (χ2v) is 3.10. The third-order valence-electron chi connectivity index (χ3n) is 1.57. The molecule has 0 aliphatic carbocycles. The zero-order chi connectivity index (χ0) is 15.8. The number of hydrogen-bond donors (Lipinski definition) is 2. The fourth-order valence-electron chi connectivity index (χ4n) is 0.732. The quantitative estimate of drug-likeness (QED) is 0.651. The first-order chi connectivity index (χ1) is 9.47. The molecule has 0 fully saturated rings. The number of carbonyl (C=O) groups is 2. The van der Waals surface area contributed by atoms with Gasteiger partial charge in [-0.2, -0.15) is 0 Å². The molecule has 0 unspecified atom stereocenters. The topological polar surface area (TPSA) is 74.6 Å². The molecule has 0 radical (unpaired) electrons. The van der Waals surface area contributed by atoms with Gasteiger partial charge in [-0.3, -0.25) is 0 Å². The Morgan fingerprint density at radius 1 is 0.850 bits per heavy atom. The number of aliphatic carboxylic acids is 2. The lowest BCUT2D eigenvalue weighted by Crippen LogP contribution is -1.91. The number of carboxylic acids is 2. The zero-order valence-electron chi connectivity index (χ0n) is 11.1. The second-order valence-electron chi connectivity index (χ2n) is 3.10. The highest BCUT2D eigenvalue weighted by molar-refractivity contribution is 5.89. The molecular weight excluding hydrogens is 256 g/mol. The Morgan fingerprint density at radius 2 is 1.25 bits per heavy atom. The van der Waals surface area contributed by atoms with E-state index < -0.39 is 11.9 Å². The van der Waals surface area contributed by atoms with E-state index >= 15 is 0 Å². The van der Waals surface area contributed by atoms with Gasteiger partial charge in [-0.25, -0.2) is 9.59 Å². The predicted molar refractivity (Wildman–Crippen MR) is 81.3 cm³/mol. The van der Waals surface area contributed by atoms with Gasteiger partial charge < -0.3 is 10.2 Å². The second kappa shape index (κ2) is 14.2. The van der Waals surface area contributed by atoms with Crippen LogP contribution in [0.4, 0.5) is 0 Å². The highest BCUT2D eigenvalue weighted by Gasteiger charge is 1.88. The molecule has 0 amide bonds. The maximum absolute atomic E-state index is 9.55. The van der Waals surface area contributed by atoms with Gasteiger partial charge >= 0.3 is 11.9 Å². The van der Waals surface area contributed by atoms with E-state index in [9.17, 15) is 9.59 Å². The van der Waals surface area contributed by atoms with E-state index in [1.807, 2.05) is 36.4 Å². The monoisotopic (exact) mass is 274 g/mol. The van der Waals surface area contributed by atoms with E-state index in [2.05, 4.69) is 19.7 Å². The number of hydrogen-bond acceptors (Lipinski definition) is 2. The Balaban J connectivity index is 0. The van der Waals surface area contributed by atoms with Crippen LogP contribution >= 0.6 is 0 Å². The van der Waals surface area contributed by atoms with Crippen molar-refractivity contribution in [3.8, 4) is 0 Å². The van der Waals surface area contributed by atoms with Crippen LogP contribution in [0.2, 0.25) is 0 Å². The number of carboxylic acid groups (broad SMARTS) is 2. The number of rotatable bonds is 4. The van der Waals surface area contributed by atoms with Crippen molar-refractivity contribution < 1.29 is 19.8 Å². The molecule has 1 rings (SSSR count). The summed E-state index contributed by atoms with van der Waals surface area (Å²) in [4.78, 5) is 19.1. The van der Waals surface area contributed by atoms with Gasteiger partial charge in [0.05, 0.1) is 0 Å². The fourth-order valence-corrected chi connectivity index (χ4v) is 0.732. The first kappa shape index (κ1) is 19.5. The SMILES string of the molecule is C=CC=C.C=Cc1ccccc1.O=C(O)C=CC(=O)O. The van der Waals surface area contributed by atoms with Gasteiger partial charge in [0.1, 0.15) is 0 Å². The van der Waals surface area contributed by atoms with Crippen LogP contribution in [0.1, 0.15) is 5.56 Å². The lowest BCUT2D eigenvalue weighted by atomic mass is 10.2. The first-order valence-corrected chi connectivity index (χ1v) is 5.52. The van der Waals surface area contributed by atoms with Crippen molar-refractivity contribution in [2.75, 3.05) is 0 Å². The van der Waals surface area contributed by atoms with Crippen LogP contribution < -0.4 is 0 Å². The van der Waals surface area contributed by atoms with Crippen LogP contribution in [0.3, 0.4) is 0 Å². The van der Waals surface area contributed by atoms with Gasteiger partial charge in [-0.15, -0.1) is 0 Å². The van der Waals surface area contributed by atoms with E-state index in [-0.39, 0.29) is 0 Å². The van der Waals surface area contributed by atoms with Crippen molar-refractivity contribution in [1.82, 2.24) is 0 Å². The molecule has 0 aliphatic rings. The van der Waals surface area contributed by atoms with Gasteiger partial charge in [0.15, 0.2) is 0 Å². The minimum Gasteiger partial charge on any atom is -0.478 e. The van der Waals surface area contributed by atoms with Crippen molar-refractivity contribution in [3.05, 3.63) is 79.9 Å². The van der Waals surface area contributed by atoms with Crippen molar-refractivity contribution in [2.24, 2.45) is 0 Å². The van der Waals surface area contributed by atoms with E-state index in [4.69, 9.17) is 10.2 Å². The van der Waals surface area contributed by atoms with Crippen molar-refractivity contribution in [1.29, 1.82) is 0 Å². The van der Waals surface area contributed by atoms with Crippen LogP contribution in [0.15, 0.2) is 74.4 Å². The van der Waals surface area contributed by atoms with Gasteiger partial charge in [-0.1, -0.05) is 68.3 Å². The van der Waals surface area contributed by atoms with E-state index in [1.54, 1.807) is 12.2 Å². The maximum Gasteiger partial charge on any atom is 0.328 e. The van der Waals surface area contributed by atoms with Crippen molar-refractivity contribution in [3.63, 3.8) is 0 Å². The third kappa shape index (κ3) is 17.5. The number of benzene rings is 1. The summed E-state index contributed by atoms with van der Waals surface area (Å²) in [5.74, 6) is -2.51. The summed E-state index contributed by atoms with van der Waals surface area (Å²) in [6.45, 7) is 10.4. The molecule has 4 nitrogen and oxygen atoms in total. The van der Waals surface area contributed by atoms with Crippen LogP contribution in [0.5, 0.6) is 0 Å². The Bertz CT molecular complexity index is 437. The highest BCUT2D eigenvalue weighted by Crippen LogP contribution is 1.97. The molecule has 0 aromatic heterocycles. The molecule has 1 aromatic rings. The zero-order valence-corrected chi connectivity index (χ0v) is 11.1. The first-order valence-electron chi connectivity index (χ1n) is 5.52. The summed E-state index contributed by atoms with van der Waals surface area (Å²) in [6.07, 6.45) is 6.23. The van der Waals surface area contributed by atoms with Gasteiger partial charge in [0.25, 0.3) is 0 Å². The highest BCUT2D eigenvalue weighted by atomic mass is 16.4. The molecule has 0 bridgehead atoms. The Morgan fingerprint density at radius 3 is 1.45 bits per heavy atom. The van der Waals surface area contributed by atoms with E-state index in [0.717, 1.165) is 0 Å². The average molecular weight is 274 g/mol. The molecule has 0 saturated carbocycles. The summed E-state index contributed by atoms with van der Waals surface area (Å²) in [5.41, 5.74) is 1.17. The molecule has 1 aromatic carbocycles. The smallest absolute Gasteiger partial charge is 0.328 e. The molecule has 106 valence electrons. The number of allylic oxidation sites excluding steroid dienone is 2. The Hall–Kier alpha value is -2.88. The van der Waals surface area contributed by atoms with Gasteiger partial charge in [-0.05, 0) is 5.56 Å². The molecule has 2 N–H and O–H groups in total. The lowest BCUT2D eigenvalue weighted by molar-refractivity contribution is -0.134. The largest absolute Gasteiger partial charge is 0.478 e. The standard InChI is InChI=1S/C8H8.C4H4O4.C4H6/c1-2-8-6-4-3-5-7-8;5-3(6)1-2-4(7)8;1-3-4-2/h2-7H,1H2;1-2H,(H,5,6)(H,7,8);3-4H,1-2H2. The molecule has 20 heavy (non-hydrogen) atoms. The van der Waals surface area contributed by atoms with Crippen LogP contribution in [-0.4, -0.2) is 22.2 Å². The van der Waals surface area contributed by atoms with Crippen LogP contribution in [-0.2, 0) is 9.59 Å². The summed E-state index contributed by atoms with van der Waals surface area (Å²) in [7, 11) is 0. The van der Waals surface area contributed by atoms with E-state index in [1.165, 1.54) is 5.56 Å². The summed E-state index contributed by atoms with van der Waals surface area (Å²) < 4.78 is 0. The molecule has 0 spiro atoms. The van der Waals surface area contributed by atoms with Gasteiger partial charge in [0, 0.05) is 12.2 Å². The minimum absolute atomic E-state index is 0.558. The van der Waals surface area contributed by atoms with Gasteiger partial charge in [0.2, 0.25) is 0 Å². The predicted octanol–water partition coefficient (Wildman–Crippen LogP) is 3.40. The van der Waals surface area contributed by atoms with E-state index in [0.29, 0.717) is 12.2 Å². The Kier molecular flexibility index (Phi) is 13.8.